The normalized spacial score (nSPS) is 20.6. The molecule has 0 radical (unpaired) electrons. The average molecular weight is 252 g/mol. The van der Waals surface area contributed by atoms with Crippen LogP contribution in [-0.2, 0) is 6.54 Å². The molecule has 2 heterocycles. The van der Waals surface area contributed by atoms with Crippen LogP contribution in [0.4, 0.5) is 0 Å². The van der Waals surface area contributed by atoms with Crippen molar-refractivity contribution in [1.82, 2.24) is 10.2 Å². The minimum absolute atomic E-state index is 0.642. The van der Waals surface area contributed by atoms with Crippen LogP contribution < -0.4 is 5.32 Å². The first-order valence-electron chi connectivity index (χ1n) is 6.60. The SMILES string of the molecule is Cc1cscc1CNC(C)C1CCN(C)CC1. The fraction of sp³-hybridized carbons (Fsp3) is 0.714. The molecule has 17 heavy (non-hydrogen) atoms. The average Bonchev–Trinajstić information content (AvgIpc) is 2.73. The van der Waals surface area contributed by atoms with Gasteiger partial charge in [-0.15, -0.1) is 0 Å². The maximum absolute atomic E-state index is 3.70. The monoisotopic (exact) mass is 252 g/mol. The van der Waals surface area contributed by atoms with E-state index in [9.17, 15) is 0 Å². The van der Waals surface area contributed by atoms with Gasteiger partial charge in [0.05, 0.1) is 0 Å². The molecule has 96 valence electrons. The van der Waals surface area contributed by atoms with Crippen LogP contribution >= 0.6 is 11.3 Å². The largest absolute Gasteiger partial charge is 0.310 e. The van der Waals surface area contributed by atoms with Crippen LogP contribution in [0.1, 0.15) is 30.9 Å². The highest BCUT2D eigenvalue weighted by molar-refractivity contribution is 7.08. The van der Waals surface area contributed by atoms with Crippen LogP contribution in [0.15, 0.2) is 10.8 Å². The summed E-state index contributed by atoms with van der Waals surface area (Å²) in [7, 11) is 2.23. The lowest BCUT2D eigenvalue weighted by Gasteiger charge is -2.33. The first-order chi connectivity index (χ1) is 8.16. The van der Waals surface area contributed by atoms with Crippen molar-refractivity contribution in [1.29, 1.82) is 0 Å². The zero-order chi connectivity index (χ0) is 12.3. The fourth-order valence-corrected chi connectivity index (χ4v) is 3.39. The van der Waals surface area contributed by atoms with E-state index >= 15 is 0 Å². The molecule has 1 aliphatic heterocycles. The van der Waals surface area contributed by atoms with Gasteiger partial charge in [-0.25, -0.2) is 0 Å². The third-order valence-electron chi connectivity index (χ3n) is 4.05. The molecule has 0 aliphatic carbocycles. The minimum atomic E-state index is 0.642. The predicted molar refractivity (Wildman–Crippen MR) is 75.6 cm³/mol. The lowest BCUT2D eigenvalue weighted by Crippen LogP contribution is -2.40. The molecular formula is C14H24N2S. The number of likely N-dealkylation sites (tertiary alicyclic amines) is 1. The minimum Gasteiger partial charge on any atom is -0.310 e. The molecule has 0 saturated carbocycles. The van der Waals surface area contributed by atoms with Crippen molar-refractivity contribution in [3.05, 3.63) is 21.9 Å². The number of thiophene rings is 1. The van der Waals surface area contributed by atoms with E-state index in [0.717, 1.165) is 12.5 Å². The molecule has 1 fully saturated rings. The number of hydrogen-bond donors (Lipinski definition) is 1. The van der Waals surface area contributed by atoms with Crippen LogP contribution in [-0.4, -0.2) is 31.1 Å². The van der Waals surface area contributed by atoms with E-state index in [1.807, 2.05) is 11.3 Å². The van der Waals surface area contributed by atoms with Crippen LogP contribution in [0.2, 0.25) is 0 Å². The van der Waals surface area contributed by atoms with Crippen molar-refractivity contribution >= 4 is 11.3 Å². The van der Waals surface area contributed by atoms with Gasteiger partial charge in [0, 0.05) is 12.6 Å². The Morgan fingerprint density at radius 1 is 1.41 bits per heavy atom. The number of hydrogen-bond acceptors (Lipinski definition) is 3. The molecule has 2 rings (SSSR count). The van der Waals surface area contributed by atoms with Gasteiger partial charge in [0.15, 0.2) is 0 Å². The second-order valence-electron chi connectivity index (χ2n) is 5.39. The van der Waals surface area contributed by atoms with Crippen molar-refractivity contribution in [2.24, 2.45) is 5.92 Å². The number of aryl methyl sites for hydroxylation is 1. The highest BCUT2D eigenvalue weighted by Gasteiger charge is 2.21. The molecule has 0 bridgehead atoms. The number of rotatable bonds is 4. The van der Waals surface area contributed by atoms with Gasteiger partial charge in [0.2, 0.25) is 0 Å². The molecule has 1 atom stereocenters. The van der Waals surface area contributed by atoms with E-state index in [4.69, 9.17) is 0 Å². The highest BCUT2D eigenvalue weighted by Crippen LogP contribution is 2.20. The third-order valence-corrected chi connectivity index (χ3v) is 4.96. The molecule has 1 aliphatic rings. The molecule has 1 saturated heterocycles. The van der Waals surface area contributed by atoms with Crippen molar-refractivity contribution in [2.45, 2.75) is 39.3 Å². The van der Waals surface area contributed by atoms with Crippen molar-refractivity contribution < 1.29 is 0 Å². The Labute approximate surface area is 109 Å². The molecule has 0 amide bonds. The summed E-state index contributed by atoms with van der Waals surface area (Å²) in [6, 6.07) is 0.642. The molecule has 1 aromatic heterocycles. The van der Waals surface area contributed by atoms with E-state index < -0.39 is 0 Å². The van der Waals surface area contributed by atoms with Gasteiger partial charge >= 0.3 is 0 Å². The van der Waals surface area contributed by atoms with Gasteiger partial charge in [-0.2, -0.15) is 11.3 Å². The van der Waals surface area contributed by atoms with Crippen LogP contribution in [0, 0.1) is 12.8 Å². The summed E-state index contributed by atoms with van der Waals surface area (Å²) in [4.78, 5) is 2.44. The summed E-state index contributed by atoms with van der Waals surface area (Å²) in [5.74, 6) is 0.852. The van der Waals surface area contributed by atoms with Gasteiger partial charge in [-0.3, -0.25) is 0 Å². The Balaban J connectivity index is 1.77. The fourth-order valence-electron chi connectivity index (χ4n) is 2.53. The molecule has 1 unspecified atom stereocenters. The standard InChI is InChI=1S/C14H24N2S/c1-11-9-17-10-14(11)8-15-12(2)13-4-6-16(3)7-5-13/h9-10,12-13,15H,4-8H2,1-3H3. The summed E-state index contributed by atoms with van der Waals surface area (Å²) in [6.45, 7) is 8.09. The maximum Gasteiger partial charge on any atom is 0.0218 e. The molecular weight excluding hydrogens is 228 g/mol. The van der Waals surface area contributed by atoms with Gasteiger partial charge in [-0.05, 0) is 74.6 Å². The van der Waals surface area contributed by atoms with Gasteiger partial charge < -0.3 is 10.2 Å². The lowest BCUT2D eigenvalue weighted by molar-refractivity contribution is 0.189. The Kier molecular flexibility index (Phi) is 4.60. The first-order valence-corrected chi connectivity index (χ1v) is 7.54. The van der Waals surface area contributed by atoms with Gasteiger partial charge in [-0.1, -0.05) is 0 Å². The smallest absolute Gasteiger partial charge is 0.0218 e. The van der Waals surface area contributed by atoms with E-state index in [1.54, 1.807) is 0 Å². The molecule has 1 aromatic rings. The second-order valence-corrected chi connectivity index (χ2v) is 6.13. The Morgan fingerprint density at radius 3 is 2.71 bits per heavy atom. The van der Waals surface area contributed by atoms with Crippen molar-refractivity contribution in [3.63, 3.8) is 0 Å². The summed E-state index contributed by atoms with van der Waals surface area (Å²) in [6.07, 6.45) is 2.68. The quantitative estimate of drug-likeness (QED) is 0.886. The van der Waals surface area contributed by atoms with Crippen LogP contribution in [0.25, 0.3) is 0 Å². The second kappa shape index (κ2) is 5.98. The van der Waals surface area contributed by atoms with E-state index in [-0.39, 0.29) is 0 Å². The van der Waals surface area contributed by atoms with Crippen molar-refractivity contribution in [3.8, 4) is 0 Å². The van der Waals surface area contributed by atoms with Crippen molar-refractivity contribution in [2.75, 3.05) is 20.1 Å². The van der Waals surface area contributed by atoms with Crippen LogP contribution in [0.3, 0.4) is 0 Å². The topological polar surface area (TPSA) is 15.3 Å². The maximum atomic E-state index is 3.70. The number of nitrogens with one attached hydrogen (secondary N) is 1. The Morgan fingerprint density at radius 2 is 2.12 bits per heavy atom. The first kappa shape index (κ1) is 13.1. The Hall–Kier alpha value is -0.380. The summed E-state index contributed by atoms with van der Waals surface area (Å²) in [5.41, 5.74) is 2.90. The molecule has 0 aromatic carbocycles. The molecule has 2 nitrogen and oxygen atoms in total. The number of nitrogens with zero attached hydrogens (tertiary/aromatic N) is 1. The molecule has 3 heteroatoms. The van der Waals surface area contributed by atoms with Gasteiger partial charge in [0.25, 0.3) is 0 Å². The highest BCUT2D eigenvalue weighted by atomic mass is 32.1. The lowest BCUT2D eigenvalue weighted by atomic mass is 9.90. The van der Waals surface area contributed by atoms with Crippen LogP contribution in [0.5, 0.6) is 0 Å². The summed E-state index contributed by atoms with van der Waals surface area (Å²) < 4.78 is 0. The number of piperidine rings is 1. The Bertz CT molecular complexity index is 340. The summed E-state index contributed by atoms with van der Waals surface area (Å²) >= 11 is 1.81. The third kappa shape index (κ3) is 3.54. The van der Waals surface area contributed by atoms with E-state index in [2.05, 4.69) is 41.9 Å². The zero-order valence-corrected chi connectivity index (χ0v) is 12.0. The van der Waals surface area contributed by atoms with E-state index in [0.29, 0.717) is 6.04 Å². The van der Waals surface area contributed by atoms with Gasteiger partial charge in [0.1, 0.15) is 0 Å². The molecule has 1 N–H and O–H groups in total. The molecule has 0 spiro atoms. The predicted octanol–water partition coefficient (Wildman–Crippen LogP) is 2.88. The summed E-state index contributed by atoms with van der Waals surface area (Å²) in [5, 5.41) is 8.20. The zero-order valence-electron chi connectivity index (χ0n) is 11.2. The van der Waals surface area contributed by atoms with E-state index in [1.165, 1.54) is 37.1 Å².